The zero-order valence-corrected chi connectivity index (χ0v) is 19.2. The molecule has 6 nitrogen and oxygen atoms in total. The number of nitrogens with two attached hydrogens (primary N) is 1. The first kappa shape index (κ1) is 27.3. The molecule has 2 aliphatic heterocycles. The number of benzene rings is 2. The fourth-order valence-electron chi connectivity index (χ4n) is 3.28. The van der Waals surface area contributed by atoms with E-state index in [1.54, 1.807) is 0 Å². The van der Waals surface area contributed by atoms with Crippen molar-refractivity contribution in [3.8, 4) is 0 Å². The number of nitrogens with zero attached hydrogens (tertiary/aromatic N) is 3. The van der Waals surface area contributed by atoms with Gasteiger partial charge in [0.25, 0.3) is 0 Å². The van der Waals surface area contributed by atoms with Crippen molar-refractivity contribution in [3.05, 3.63) is 48.5 Å². The highest BCUT2D eigenvalue weighted by Crippen LogP contribution is 2.22. The molecule has 0 spiro atoms. The van der Waals surface area contributed by atoms with Crippen molar-refractivity contribution < 1.29 is 0 Å². The smallest absolute Gasteiger partial charge is 0.195 e. The van der Waals surface area contributed by atoms with Crippen molar-refractivity contribution in [2.75, 3.05) is 60.1 Å². The van der Waals surface area contributed by atoms with Gasteiger partial charge in [-0.3, -0.25) is 4.99 Å². The molecule has 1 saturated heterocycles. The van der Waals surface area contributed by atoms with Gasteiger partial charge in [-0.05, 0) is 48.5 Å². The van der Waals surface area contributed by atoms with E-state index in [0.717, 1.165) is 56.6 Å². The summed E-state index contributed by atoms with van der Waals surface area (Å²) in [6.07, 6.45) is 0. The zero-order chi connectivity index (χ0) is 17.1. The summed E-state index contributed by atoms with van der Waals surface area (Å²) < 4.78 is 0. The molecule has 0 aromatic heterocycles. The fraction of sp³-hybridized carbons (Fsp3) is 0.316. The maximum Gasteiger partial charge on any atom is 0.195 e. The molecule has 1 fully saturated rings. The highest BCUT2D eigenvalue weighted by atomic mass is 35.5. The zero-order valence-electron chi connectivity index (χ0n) is 15.9. The topological polar surface area (TPSA) is 68.9 Å². The van der Waals surface area contributed by atoms with Crippen LogP contribution in [0.3, 0.4) is 0 Å². The molecule has 0 saturated carbocycles. The number of nitrogen functional groups attached to an aromatic ring is 1. The van der Waals surface area contributed by atoms with E-state index >= 15 is 0 Å². The molecule has 2 aromatic carbocycles. The Hall–Kier alpha value is -1.73. The van der Waals surface area contributed by atoms with Crippen molar-refractivity contribution >= 4 is 78.3 Å². The molecule has 0 atom stereocenters. The number of nitrogens with one attached hydrogen (secondary N) is 2. The minimum absolute atomic E-state index is 0. The summed E-state index contributed by atoms with van der Waals surface area (Å²) >= 11 is 0. The van der Waals surface area contributed by atoms with Crippen LogP contribution in [0.25, 0.3) is 0 Å². The summed E-state index contributed by atoms with van der Waals surface area (Å²) in [6, 6.07) is 16.7. The number of hydrogen-bond donors (Lipinski definition) is 3. The Balaban J connectivity index is 0.00000196. The second kappa shape index (κ2) is 12.8. The number of guanidine groups is 1. The predicted octanol–water partition coefficient (Wildman–Crippen LogP) is 3.65. The van der Waals surface area contributed by atoms with Gasteiger partial charge in [0.2, 0.25) is 0 Å². The number of hydrogen-bond acceptors (Lipinski definition) is 6. The predicted molar refractivity (Wildman–Crippen MR) is 135 cm³/mol. The third kappa shape index (κ3) is 6.93. The lowest BCUT2D eigenvalue weighted by atomic mass is 10.2. The molecule has 162 valence electrons. The van der Waals surface area contributed by atoms with Gasteiger partial charge in [0.15, 0.2) is 5.96 Å². The normalized spacial score (nSPS) is 14.8. The van der Waals surface area contributed by atoms with E-state index in [-0.39, 0.29) is 49.6 Å². The quantitative estimate of drug-likeness (QED) is 0.583. The van der Waals surface area contributed by atoms with E-state index in [9.17, 15) is 0 Å². The molecule has 2 aromatic rings. The third-order valence-corrected chi connectivity index (χ3v) is 4.71. The Labute approximate surface area is 196 Å². The summed E-state index contributed by atoms with van der Waals surface area (Å²) in [7, 11) is 0. The molecular formula is C19H28Cl4N6. The van der Waals surface area contributed by atoms with Gasteiger partial charge in [-0.1, -0.05) is 0 Å². The van der Waals surface area contributed by atoms with E-state index < -0.39 is 0 Å². The van der Waals surface area contributed by atoms with E-state index in [1.165, 1.54) is 11.4 Å². The van der Waals surface area contributed by atoms with Crippen LogP contribution in [0.5, 0.6) is 0 Å². The molecule has 2 aliphatic rings. The number of aliphatic imine (C=N–C) groups is 1. The standard InChI is InChI=1S/C19H24N6.4ClH/c20-15-1-5-17(6-2-15)24-11-13-25(14-12-24)18-7-3-16(4-8-18)23-19-21-9-10-22-19;;;;/h1-8H,9-14,20H2,(H2,21,22,23);4*1H. The van der Waals surface area contributed by atoms with Crippen LogP contribution in [0.1, 0.15) is 0 Å². The highest BCUT2D eigenvalue weighted by Gasteiger charge is 2.17. The van der Waals surface area contributed by atoms with Gasteiger partial charge in [-0.2, -0.15) is 0 Å². The molecule has 0 amide bonds. The van der Waals surface area contributed by atoms with Gasteiger partial charge in [0, 0.05) is 55.5 Å². The van der Waals surface area contributed by atoms with Crippen molar-refractivity contribution in [1.29, 1.82) is 0 Å². The van der Waals surface area contributed by atoms with E-state index in [1.807, 2.05) is 12.1 Å². The lowest BCUT2D eigenvalue weighted by Gasteiger charge is -2.37. The minimum Gasteiger partial charge on any atom is -0.399 e. The maximum atomic E-state index is 5.77. The van der Waals surface area contributed by atoms with Gasteiger partial charge >= 0.3 is 0 Å². The maximum absolute atomic E-state index is 5.77. The molecular weight excluding hydrogens is 454 g/mol. The average molecular weight is 482 g/mol. The minimum atomic E-state index is 0. The van der Waals surface area contributed by atoms with Crippen LogP contribution in [0.4, 0.5) is 22.7 Å². The van der Waals surface area contributed by atoms with Crippen molar-refractivity contribution in [2.45, 2.75) is 0 Å². The second-order valence-electron chi connectivity index (χ2n) is 6.39. The lowest BCUT2D eigenvalue weighted by Crippen LogP contribution is -2.46. The molecule has 2 heterocycles. The Bertz CT molecular complexity index is 746. The fourth-order valence-corrected chi connectivity index (χ4v) is 3.28. The van der Waals surface area contributed by atoms with Gasteiger partial charge in [0.1, 0.15) is 0 Å². The number of rotatable bonds is 3. The SMILES string of the molecule is Cl.Cl.Cl.Cl.Nc1ccc(N2CCN(c3ccc(NC4=NCCN4)cc3)CC2)cc1. The van der Waals surface area contributed by atoms with Crippen LogP contribution in [0, 0.1) is 0 Å². The third-order valence-electron chi connectivity index (χ3n) is 4.71. The van der Waals surface area contributed by atoms with Crippen LogP contribution < -0.4 is 26.2 Å². The van der Waals surface area contributed by atoms with Gasteiger partial charge in [-0.25, -0.2) is 0 Å². The first-order chi connectivity index (χ1) is 12.3. The number of piperazine rings is 1. The Morgan fingerprint density at radius 3 is 1.69 bits per heavy atom. The van der Waals surface area contributed by atoms with Gasteiger partial charge in [0.05, 0.1) is 6.54 Å². The number of halogens is 4. The molecule has 4 rings (SSSR count). The van der Waals surface area contributed by atoms with E-state index in [4.69, 9.17) is 5.73 Å². The van der Waals surface area contributed by atoms with Crippen LogP contribution in [0.2, 0.25) is 0 Å². The van der Waals surface area contributed by atoms with Crippen LogP contribution in [0.15, 0.2) is 53.5 Å². The molecule has 29 heavy (non-hydrogen) atoms. The average Bonchev–Trinajstić information content (AvgIpc) is 3.16. The van der Waals surface area contributed by atoms with Crippen LogP contribution >= 0.6 is 49.6 Å². The highest BCUT2D eigenvalue weighted by molar-refractivity contribution is 5.94. The van der Waals surface area contributed by atoms with Crippen molar-refractivity contribution in [2.24, 2.45) is 4.99 Å². The summed E-state index contributed by atoms with van der Waals surface area (Å²) in [6.45, 7) is 5.84. The molecule has 0 radical (unpaired) electrons. The van der Waals surface area contributed by atoms with Crippen LogP contribution in [-0.4, -0.2) is 45.2 Å². The van der Waals surface area contributed by atoms with Crippen LogP contribution in [-0.2, 0) is 0 Å². The molecule has 10 heteroatoms. The first-order valence-electron chi connectivity index (χ1n) is 8.79. The Kier molecular flexibility index (Phi) is 12.0. The molecule has 0 unspecified atom stereocenters. The second-order valence-corrected chi connectivity index (χ2v) is 6.39. The Morgan fingerprint density at radius 1 is 0.759 bits per heavy atom. The Morgan fingerprint density at radius 2 is 1.24 bits per heavy atom. The van der Waals surface area contributed by atoms with Gasteiger partial charge < -0.3 is 26.2 Å². The van der Waals surface area contributed by atoms with E-state index in [0.29, 0.717) is 0 Å². The van der Waals surface area contributed by atoms with Gasteiger partial charge in [-0.15, -0.1) is 49.6 Å². The molecule has 4 N–H and O–H groups in total. The lowest BCUT2D eigenvalue weighted by molar-refractivity contribution is 0.653. The van der Waals surface area contributed by atoms with Crippen molar-refractivity contribution in [3.63, 3.8) is 0 Å². The molecule has 0 bridgehead atoms. The first-order valence-corrected chi connectivity index (χ1v) is 8.79. The van der Waals surface area contributed by atoms with Crippen molar-refractivity contribution in [1.82, 2.24) is 5.32 Å². The van der Waals surface area contributed by atoms with E-state index in [2.05, 4.69) is 61.8 Å². The summed E-state index contributed by atoms with van der Waals surface area (Å²) in [4.78, 5) is 9.20. The monoisotopic (exact) mass is 480 g/mol. The summed E-state index contributed by atoms with van der Waals surface area (Å²) in [5, 5.41) is 6.53. The molecule has 0 aliphatic carbocycles. The summed E-state index contributed by atoms with van der Waals surface area (Å²) in [5.41, 5.74) is 10.2. The summed E-state index contributed by atoms with van der Waals surface area (Å²) in [5.74, 6) is 0.866. The number of anilines is 4. The largest absolute Gasteiger partial charge is 0.399 e.